The van der Waals surface area contributed by atoms with Crippen molar-refractivity contribution in [3.63, 3.8) is 0 Å². The number of carbonyl (C=O) groups is 1. The number of nitro groups is 1. The molecule has 202 valence electrons. The lowest BCUT2D eigenvalue weighted by atomic mass is 10.1. The van der Waals surface area contributed by atoms with E-state index < -0.39 is 4.92 Å². The molecule has 2 aromatic heterocycles. The topological polar surface area (TPSA) is 123 Å². The quantitative estimate of drug-likeness (QED) is 0.120. The predicted molar refractivity (Wildman–Crippen MR) is 159 cm³/mol. The zero-order valence-corrected chi connectivity index (χ0v) is 25.0. The van der Waals surface area contributed by atoms with Crippen LogP contribution in [0, 0.1) is 10.1 Å². The molecule has 4 rings (SSSR count). The molecule has 1 aromatic carbocycles. The number of likely N-dealkylation sites (N-methyl/N-ethyl adjacent to an activating group) is 1. The third-order valence-corrected chi connectivity index (χ3v) is 8.10. The number of aromatic nitrogens is 3. The van der Waals surface area contributed by atoms with Gasteiger partial charge >= 0.3 is 5.82 Å². The molecule has 0 amide bonds. The fourth-order valence-corrected chi connectivity index (χ4v) is 4.92. The lowest BCUT2D eigenvalue weighted by molar-refractivity contribution is -0.880. The lowest BCUT2D eigenvalue weighted by Gasteiger charge is -2.28. The van der Waals surface area contributed by atoms with E-state index >= 15 is 0 Å². The van der Waals surface area contributed by atoms with Crippen LogP contribution >= 0.6 is 31.9 Å². The Bertz CT molecular complexity index is 1530. The van der Waals surface area contributed by atoms with Gasteiger partial charge in [-0.2, -0.15) is 0 Å². The highest BCUT2D eigenvalue weighted by Gasteiger charge is 2.32. The SMILES string of the molecule is CCC1=NC([N+](=O)[O-])=C(C[N+](C)(C)C/C=C/C(=O)Cc2cc3c(Nc4ccc(Br)c(Br)c4)ncnc3cn2)C1. The van der Waals surface area contributed by atoms with Crippen LogP contribution < -0.4 is 5.32 Å². The number of quaternary nitrogens is 1. The van der Waals surface area contributed by atoms with Gasteiger partial charge in [-0.1, -0.05) is 6.92 Å². The number of fused-ring (bicyclic) bond motifs is 1. The average Bonchev–Trinajstić information content (AvgIpc) is 3.29. The molecule has 0 saturated carbocycles. The summed E-state index contributed by atoms with van der Waals surface area (Å²) >= 11 is 6.98. The Morgan fingerprint density at radius 3 is 2.69 bits per heavy atom. The van der Waals surface area contributed by atoms with Crippen molar-refractivity contribution in [2.45, 2.75) is 26.2 Å². The maximum absolute atomic E-state index is 12.7. The van der Waals surface area contributed by atoms with Crippen molar-refractivity contribution < 1.29 is 14.2 Å². The molecule has 1 aliphatic rings. The summed E-state index contributed by atoms with van der Waals surface area (Å²) in [7, 11) is 3.96. The Morgan fingerprint density at radius 1 is 1.18 bits per heavy atom. The Morgan fingerprint density at radius 2 is 1.97 bits per heavy atom. The number of ketones is 1. The van der Waals surface area contributed by atoms with E-state index in [0.717, 1.165) is 31.3 Å². The smallest absolute Gasteiger partial charge is 0.358 e. The number of hydrogen-bond donors (Lipinski definition) is 1. The highest BCUT2D eigenvalue weighted by Crippen LogP contribution is 2.29. The van der Waals surface area contributed by atoms with E-state index in [0.29, 0.717) is 47.4 Å². The average molecular weight is 658 g/mol. The number of allylic oxidation sites excluding steroid dienone is 1. The number of halogens is 2. The normalized spacial score (nSPS) is 13.8. The van der Waals surface area contributed by atoms with E-state index in [9.17, 15) is 14.9 Å². The van der Waals surface area contributed by atoms with Crippen molar-refractivity contribution in [1.29, 1.82) is 0 Å². The van der Waals surface area contributed by atoms with Crippen molar-refractivity contribution in [3.8, 4) is 0 Å². The van der Waals surface area contributed by atoms with Gasteiger partial charge in [0.2, 0.25) is 0 Å². The molecule has 0 saturated heterocycles. The van der Waals surface area contributed by atoms with Crippen molar-refractivity contribution in [2.24, 2.45) is 4.99 Å². The number of carbonyl (C=O) groups excluding carboxylic acids is 1. The van der Waals surface area contributed by atoms with E-state index in [1.54, 1.807) is 12.3 Å². The first kappa shape index (κ1) is 28.7. The molecule has 10 nitrogen and oxygen atoms in total. The van der Waals surface area contributed by atoms with Crippen LogP contribution in [0.15, 0.2) is 74.3 Å². The summed E-state index contributed by atoms with van der Waals surface area (Å²) in [5.74, 6) is 0.490. The van der Waals surface area contributed by atoms with Gasteiger partial charge in [-0.15, -0.1) is 0 Å². The first-order valence-electron chi connectivity index (χ1n) is 12.3. The second-order valence-corrected chi connectivity index (χ2v) is 11.6. The fourth-order valence-electron chi connectivity index (χ4n) is 4.29. The highest BCUT2D eigenvalue weighted by atomic mass is 79.9. The number of aliphatic imine (C=N–C) groups is 1. The van der Waals surface area contributed by atoms with Gasteiger partial charge in [-0.3, -0.25) is 9.78 Å². The monoisotopic (exact) mass is 656 g/mol. The minimum Gasteiger partial charge on any atom is -0.358 e. The molecule has 3 heterocycles. The number of anilines is 2. The highest BCUT2D eigenvalue weighted by molar-refractivity contribution is 9.13. The van der Waals surface area contributed by atoms with Crippen molar-refractivity contribution in [2.75, 3.05) is 32.5 Å². The van der Waals surface area contributed by atoms with Crippen LogP contribution in [0.3, 0.4) is 0 Å². The first-order valence-corrected chi connectivity index (χ1v) is 13.9. The number of rotatable bonds is 11. The van der Waals surface area contributed by atoms with Gasteiger partial charge in [0.25, 0.3) is 0 Å². The Hall–Kier alpha value is -3.35. The molecule has 0 spiro atoms. The third kappa shape index (κ3) is 7.40. The predicted octanol–water partition coefficient (Wildman–Crippen LogP) is 5.78. The van der Waals surface area contributed by atoms with E-state index in [4.69, 9.17) is 0 Å². The number of nitrogens with one attached hydrogen (secondary N) is 1. The molecular weight excluding hydrogens is 630 g/mol. The molecular formula is C27H28Br2N7O3+. The van der Waals surface area contributed by atoms with Gasteiger partial charge in [0.05, 0.1) is 44.3 Å². The summed E-state index contributed by atoms with van der Waals surface area (Å²) in [6, 6.07) is 7.62. The number of pyridine rings is 1. The van der Waals surface area contributed by atoms with Crippen molar-refractivity contribution >= 4 is 65.8 Å². The number of hydrogen-bond acceptors (Lipinski definition) is 8. The molecule has 0 bridgehead atoms. The first-order chi connectivity index (χ1) is 18.5. The molecule has 1 N–H and O–H groups in total. The van der Waals surface area contributed by atoms with Crippen LogP contribution in [0.25, 0.3) is 10.9 Å². The van der Waals surface area contributed by atoms with Crippen LogP contribution in [0.1, 0.15) is 25.5 Å². The lowest BCUT2D eigenvalue weighted by Crippen LogP contribution is -2.41. The zero-order valence-electron chi connectivity index (χ0n) is 21.8. The van der Waals surface area contributed by atoms with E-state index in [1.165, 1.54) is 6.33 Å². The van der Waals surface area contributed by atoms with Crippen LogP contribution in [0.4, 0.5) is 11.5 Å². The molecule has 12 heteroatoms. The standard InChI is InChI=1S/C27H28Br2N7O3/c1-4-18-10-17(27(34-18)35(38)39)15-36(2,3)9-5-6-21(37)11-20-12-22-25(14-30-20)31-16-32-26(22)33-19-7-8-23(28)24(29)13-19/h5-8,12-14,16H,4,9-11,15H2,1-3H3,(H,31,32,33)/q+1/b6-5+. The van der Waals surface area contributed by atoms with Crippen LogP contribution in [0.5, 0.6) is 0 Å². The molecule has 39 heavy (non-hydrogen) atoms. The maximum atomic E-state index is 12.7. The number of benzene rings is 1. The molecule has 0 atom stereocenters. The zero-order chi connectivity index (χ0) is 28.2. The number of nitrogens with zero attached hydrogens (tertiary/aromatic N) is 6. The van der Waals surface area contributed by atoms with E-state index in [1.807, 2.05) is 51.4 Å². The minimum absolute atomic E-state index is 0.0360. The molecule has 0 aliphatic carbocycles. The Balaban J connectivity index is 1.41. The van der Waals surface area contributed by atoms with E-state index in [-0.39, 0.29) is 18.0 Å². The van der Waals surface area contributed by atoms with E-state index in [2.05, 4.69) is 57.1 Å². The molecule has 3 aromatic rings. The fraction of sp³-hybridized carbons (Fsp3) is 0.296. The second-order valence-electron chi connectivity index (χ2n) is 9.88. The third-order valence-electron chi connectivity index (χ3n) is 6.22. The maximum Gasteiger partial charge on any atom is 0.368 e. The second kappa shape index (κ2) is 12.2. The minimum atomic E-state index is -0.405. The summed E-state index contributed by atoms with van der Waals surface area (Å²) < 4.78 is 2.32. The van der Waals surface area contributed by atoms with Crippen LogP contribution in [-0.2, 0) is 11.2 Å². The van der Waals surface area contributed by atoms with Gasteiger partial charge in [0.15, 0.2) is 5.78 Å². The Kier molecular flexibility index (Phi) is 8.98. The summed E-state index contributed by atoms with van der Waals surface area (Å²) in [4.78, 5) is 41.0. The molecule has 0 radical (unpaired) electrons. The van der Waals surface area contributed by atoms with Gasteiger partial charge in [0, 0.05) is 38.6 Å². The van der Waals surface area contributed by atoms with Gasteiger partial charge in [-0.05, 0) is 78.2 Å². The van der Waals surface area contributed by atoms with Crippen LogP contribution in [-0.4, -0.2) is 63.0 Å². The van der Waals surface area contributed by atoms with Gasteiger partial charge < -0.3 is 19.9 Å². The van der Waals surface area contributed by atoms with Crippen molar-refractivity contribution in [3.05, 3.63) is 85.1 Å². The molecule has 0 unspecified atom stereocenters. The summed E-state index contributed by atoms with van der Waals surface area (Å²) in [6.07, 6.45) is 7.83. The molecule has 0 fully saturated rings. The van der Waals surface area contributed by atoms with Crippen LogP contribution in [0.2, 0.25) is 0 Å². The van der Waals surface area contributed by atoms with Gasteiger partial charge in [-0.25, -0.2) is 9.97 Å². The summed E-state index contributed by atoms with van der Waals surface area (Å²) in [6.45, 7) is 2.97. The summed E-state index contributed by atoms with van der Waals surface area (Å²) in [5.41, 5.74) is 3.68. The largest absolute Gasteiger partial charge is 0.368 e. The summed E-state index contributed by atoms with van der Waals surface area (Å²) in [5, 5.41) is 15.5. The molecule has 1 aliphatic heterocycles. The van der Waals surface area contributed by atoms with Gasteiger partial charge in [0.1, 0.15) is 24.4 Å². The van der Waals surface area contributed by atoms with Crippen molar-refractivity contribution in [1.82, 2.24) is 15.0 Å². The Labute approximate surface area is 243 Å².